The molecule has 33 valence electrons. The SMILES string of the molecule is C[C-]=O.[CH-]=O.[Y]. The van der Waals surface area contributed by atoms with Crippen molar-refractivity contribution in [3.05, 3.63) is 0 Å². The minimum atomic E-state index is 0. The van der Waals surface area contributed by atoms with Crippen LogP contribution in [0.2, 0.25) is 0 Å². The number of rotatable bonds is 0. The Morgan fingerprint density at radius 3 is 1.50 bits per heavy atom. The van der Waals surface area contributed by atoms with E-state index in [1.54, 1.807) is 0 Å². The maximum atomic E-state index is 8.68. The Morgan fingerprint density at radius 2 is 1.50 bits per heavy atom. The van der Waals surface area contributed by atoms with Gasteiger partial charge in [0.1, 0.15) is 0 Å². The molecular formula is C3H4O2Y-2. The Labute approximate surface area is 62.2 Å². The zero-order valence-electron chi connectivity index (χ0n) is 3.47. The van der Waals surface area contributed by atoms with Crippen LogP contribution in [0.15, 0.2) is 0 Å². The van der Waals surface area contributed by atoms with Crippen molar-refractivity contribution in [3.8, 4) is 0 Å². The fourth-order valence-electron chi connectivity index (χ4n) is 0. The molecule has 0 aliphatic rings. The first-order chi connectivity index (χ1) is 2.41. The van der Waals surface area contributed by atoms with Gasteiger partial charge in [-0.25, -0.2) is 0 Å². The molecule has 0 aromatic rings. The summed E-state index contributed by atoms with van der Waals surface area (Å²) >= 11 is 0. The maximum absolute atomic E-state index is 8.68. The number of hydrogen-bond donors (Lipinski definition) is 0. The van der Waals surface area contributed by atoms with Crippen LogP contribution in [0.5, 0.6) is 0 Å². The predicted octanol–water partition coefficient (Wildman–Crippen LogP) is -0.161. The van der Waals surface area contributed by atoms with E-state index in [4.69, 9.17) is 9.59 Å². The van der Waals surface area contributed by atoms with Gasteiger partial charge in [0.15, 0.2) is 0 Å². The largest absolute Gasteiger partial charge is 0.545 e. The molecule has 0 saturated heterocycles. The van der Waals surface area contributed by atoms with Gasteiger partial charge in [-0.2, -0.15) is 6.92 Å². The van der Waals surface area contributed by atoms with E-state index in [1.807, 2.05) is 0 Å². The third-order valence-corrected chi connectivity index (χ3v) is 0. The van der Waals surface area contributed by atoms with Gasteiger partial charge >= 0.3 is 0 Å². The molecule has 0 atom stereocenters. The minimum absolute atomic E-state index is 0. The summed E-state index contributed by atoms with van der Waals surface area (Å²) < 4.78 is 0. The van der Waals surface area contributed by atoms with E-state index in [-0.39, 0.29) is 32.7 Å². The van der Waals surface area contributed by atoms with E-state index in [9.17, 15) is 0 Å². The van der Waals surface area contributed by atoms with Crippen LogP contribution in [0.4, 0.5) is 0 Å². The van der Waals surface area contributed by atoms with Crippen molar-refractivity contribution in [2.45, 2.75) is 6.92 Å². The van der Waals surface area contributed by atoms with E-state index in [1.165, 1.54) is 13.2 Å². The Morgan fingerprint density at radius 1 is 1.50 bits per heavy atom. The van der Waals surface area contributed by atoms with Crippen LogP contribution in [0.1, 0.15) is 6.92 Å². The van der Waals surface area contributed by atoms with Gasteiger partial charge in [0.25, 0.3) is 0 Å². The summed E-state index contributed by atoms with van der Waals surface area (Å²) in [6, 6.07) is 0. The third-order valence-electron chi connectivity index (χ3n) is 0. The second kappa shape index (κ2) is 51.6. The average molecular weight is 161 g/mol. The van der Waals surface area contributed by atoms with Gasteiger partial charge < -0.3 is 9.59 Å². The standard InChI is InChI=1S/C2H3O.CHO.Y/c1-2-3;1-2;/h1H3;1H;/q2*-1;. The van der Waals surface area contributed by atoms with E-state index in [0.717, 1.165) is 0 Å². The Kier molecular flexibility index (Phi) is 138. The molecule has 0 aliphatic carbocycles. The van der Waals surface area contributed by atoms with Crippen LogP contribution < -0.4 is 0 Å². The molecule has 1 radical (unpaired) electrons. The molecule has 0 bridgehead atoms. The normalized spacial score (nSPS) is 2.83. The van der Waals surface area contributed by atoms with Crippen LogP contribution in [0.3, 0.4) is 0 Å². The van der Waals surface area contributed by atoms with Crippen molar-refractivity contribution in [2.75, 3.05) is 0 Å². The molecule has 0 aromatic carbocycles. The second-order valence-corrected chi connectivity index (χ2v) is 0.204. The van der Waals surface area contributed by atoms with Gasteiger partial charge in [0, 0.05) is 32.7 Å². The average Bonchev–Trinajstić information content (AvgIpc) is 1.46. The van der Waals surface area contributed by atoms with Crippen molar-refractivity contribution >= 4 is 13.1 Å². The summed E-state index contributed by atoms with van der Waals surface area (Å²) in [6.07, 6.45) is 1.50. The Balaban J connectivity index is -0.0000000275. The van der Waals surface area contributed by atoms with Crippen LogP contribution in [0, 0.1) is 0 Å². The monoisotopic (exact) mass is 161 g/mol. The first-order valence-corrected chi connectivity index (χ1v) is 0.940. The molecule has 0 rings (SSSR count). The molecule has 0 N–H and O–H groups in total. The van der Waals surface area contributed by atoms with Crippen molar-refractivity contribution in [3.63, 3.8) is 0 Å². The Hall–Kier alpha value is 0.444. The first kappa shape index (κ1) is 16.1. The van der Waals surface area contributed by atoms with Crippen molar-refractivity contribution in [1.29, 1.82) is 0 Å². The fraction of sp³-hybridized carbons (Fsp3) is 0.333. The van der Waals surface area contributed by atoms with Gasteiger partial charge in [0.2, 0.25) is 0 Å². The quantitative estimate of drug-likeness (QED) is 0.365. The first-order valence-electron chi connectivity index (χ1n) is 0.940. The molecule has 0 fully saturated rings. The molecule has 0 spiro atoms. The number of carbonyl (C=O) groups excluding carboxylic acids is 2. The molecule has 3 heteroatoms. The zero-order chi connectivity index (χ0) is 4.71. The van der Waals surface area contributed by atoms with Gasteiger partial charge in [-0.3, -0.25) is 13.1 Å². The molecule has 0 unspecified atom stereocenters. The number of hydrogen-bond acceptors (Lipinski definition) is 2. The van der Waals surface area contributed by atoms with Crippen molar-refractivity contribution < 1.29 is 42.3 Å². The molecule has 0 heterocycles. The van der Waals surface area contributed by atoms with Gasteiger partial charge in [-0.1, -0.05) is 0 Å². The second-order valence-electron chi connectivity index (χ2n) is 0.204. The minimum Gasteiger partial charge on any atom is -0.545 e. The van der Waals surface area contributed by atoms with E-state index < -0.39 is 0 Å². The molecule has 0 aromatic heterocycles. The summed E-state index contributed by atoms with van der Waals surface area (Å²) in [4.78, 5) is 16.4. The van der Waals surface area contributed by atoms with Crippen molar-refractivity contribution in [1.82, 2.24) is 0 Å². The Bertz CT molecular complexity index is 22.8. The van der Waals surface area contributed by atoms with E-state index in [0.29, 0.717) is 0 Å². The summed E-state index contributed by atoms with van der Waals surface area (Å²) in [5.41, 5.74) is 0. The van der Waals surface area contributed by atoms with Crippen LogP contribution in [0.25, 0.3) is 0 Å². The van der Waals surface area contributed by atoms with E-state index >= 15 is 0 Å². The van der Waals surface area contributed by atoms with Crippen LogP contribution in [-0.2, 0) is 42.3 Å². The molecule has 6 heavy (non-hydrogen) atoms. The summed E-state index contributed by atoms with van der Waals surface area (Å²) in [5.74, 6) is 0. The topological polar surface area (TPSA) is 34.1 Å². The molecule has 0 aliphatic heterocycles. The third kappa shape index (κ3) is 267. The van der Waals surface area contributed by atoms with Gasteiger partial charge in [-0.15, -0.1) is 0 Å². The predicted molar refractivity (Wildman–Crippen MR) is 18.1 cm³/mol. The van der Waals surface area contributed by atoms with Gasteiger partial charge in [0.05, 0.1) is 0 Å². The summed E-state index contributed by atoms with van der Waals surface area (Å²) in [7, 11) is 0. The molecular weight excluding hydrogens is 157 g/mol. The maximum Gasteiger partial charge on any atom is 0 e. The molecule has 0 saturated carbocycles. The molecule has 2 nitrogen and oxygen atoms in total. The van der Waals surface area contributed by atoms with Crippen LogP contribution in [-0.4, -0.2) is 13.1 Å². The fourth-order valence-corrected chi connectivity index (χ4v) is 0. The van der Waals surface area contributed by atoms with Crippen LogP contribution >= 0.6 is 0 Å². The summed E-state index contributed by atoms with van der Waals surface area (Å²) in [5, 5.41) is 0. The van der Waals surface area contributed by atoms with E-state index in [2.05, 4.69) is 6.79 Å². The van der Waals surface area contributed by atoms with Gasteiger partial charge in [-0.05, 0) is 0 Å². The zero-order valence-corrected chi connectivity index (χ0v) is 6.31. The summed E-state index contributed by atoms with van der Waals surface area (Å²) in [6.45, 7) is 4.57. The smallest absolute Gasteiger partial charge is 0 e. The van der Waals surface area contributed by atoms with Crippen molar-refractivity contribution in [2.24, 2.45) is 0 Å². The molecule has 0 amide bonds.